The van der Waals surface area contributed by atoms with Gasteiger partial charge in [-0.25, -0.2) is 14.8 Å². The van der Waals surface area contributed by atoms with E-state index >= 15 is 0 Å². The van der Waals surface area contributed by atoms with Crippen LogP contribution in [0, 0.1) is 0 Å². The number of nitrogens with zero attached hydrogens (tertiary/aromatic N) is 3. The van der Waals surface area contributed by atoms with Gasteiger partial charge in [0, 0.05) is 31.8 Å². The van der Waals surface area contributed by atoms with Crippen LogP contribution in [0.25, 0.3) is 11.4 Å². The first-order chi connectivity index (χ1) is 12.3. The highest BCUT2D eigenvalue weighted by Crippen LogP contribution is 2.32. The van der Waals surface area contributed by atoms with Crippen molar-refractivity contribution in [3.05, 3.63) is 41.6 Å². The molecule has 1 N–H and O–H groups in total. The van der Waals surface area contributed by atoms with Gasteiger partial charge in [0.05, 0.1) is 11.7 Å². The number of halogens is 3. The van der Waals surface area contributed by atoms with Crippen LogP contribution in [0.4, 0.5) is 19.0 Å². The lowest BCUT2D eigenvalue weighted by atomic mass is 10.1. The fourth-order valence-electron chi connectivity index (χ4n) is 2.80. The van der Waals surface area contributed by atoms with Gasteiger partial charge in [-0.05, 0) is 18.6 Å². The predicted molar refractivity (Wildman–Crippen MR) is 87.1 cm³/mol. The van der Waals surface area contributed by atoms with E-state index in [-0.39, 0.29) is 23.2 Å². The molecule has 0 unspecified atom stereocenters. The van der Waals surface area contributed by atoms with E-state index in [0.29, 0.717) is 18.9 Å². The zero-order valence-electron chi connectivity index (χ0n) is 13.8. The quantitative estimate of drug-likeness (QED) is 0.895. The predicted octanol–water partition coefficient (Wildman–Crippen LogP) is 3.09. The van der Waals surface area contributed by atoms with Gasteiger partial charge in [-0.3, -0.25) is 0 Å². The summed E-state index contributed by atoms with van der Waals surface area (Å²) in [5, 5.41) is 9.29. The maximum atomic E-state index is 12.9. The van der Waals surface area contributed by atoms with Crippen LogP contribution in [0.3, 0.4) is 0 Å². The van der Waals surface area contributed by atoms with E-state index < -0.39 is 17.7 Å². The Bertz CT molecular complexity index is 826. The summed E-state index contributed by atoms with van der Waals surface area (Å²) in [6, 6.07) is 5.83. The molecule has 2 heterocycles. The van der Waals surface area contributed by atoms with E-state index in [1.54, 1.807) is 7.11 Å². The molecule has 1 atom stereocenters. The molecular weight excluding hydrogens is 351 g/mol. The number of carbonyl (C=O) groups is 1. The zero-order chi connectivity index (χ0) is 18.9. The molecule has 0 radical (unpaired) electrons. The van der Waals surface area contributed by atoms with E-state index in [1.807, 2.05) is 4.90 Å². The van der Waals surface area contributed by atoms with Crippen molar-refractivity contribution in [3.63, 3.8) is 0 Å². The SMILES string of the molecule is CO[C@H]1CCN(c2cc(C(=O)O)nc(-c3cccc(C(F)(F)F)c3)n2)C1. The molecule has 26 heavy (non-hydrogen) atoms. The maximum absolute atomic E-state index is 12.9. The van der Waals surface area contributed by atoms with Crippen molar-refractivity contribution in [1.29, 1.82) is 0 Å². The van der Waals surface area contributed by atoms with Crippen LogP contribution >= 0.6 is 0 Å². The minimum atomic E-state index is -4.51. The summed E-state index contributed by atoms with van der Waals surface area (Å²) in [4.78, 5) is 21.4. The summed E-state index contributed by atoms with van der Waals surface area (Å²) < 4.78 is 44.1. The lowest BCUT2D eigenvalue weighted by Gasteiger charge is -2.18. The first-order valence-corrected chi connectivity index (χ1v) is 7.85. The second-order valence-electron chi connectivity index (χ2n) is 5.91. The maximum Gasteiger partial charge on any atom is 0.416 e. The van der Waals surface area contributed by atoms with Crippen molar-refractivity contribution in [2.24, 2.45) is 0 Å². The molecule has 1 aromatic heterocycles. The van der Waals surface area contributed by atoms with Crippen molar-refractivity contribution >= 4 is 11.8 Å². The van der Waals surface area contributed by atoms with Gasteiger partial charge in [-0.1, -0.05) is 12.1 Å². The molecule has 3 rings (SSSR count). The van der Waals surface area contributed by atoms with Gasteiger partial charge in [-0.2, -0.15) is 13.2 Å². The van der Waals surface area contributed by atoms with E-state index in [1.165, 1.54) is 18.2 Å². The first-order valence-electron chi connectivity index (χ1n) is 7.85. The van der Waals surface area contributed by atoms with Crippen molar-refractivity contribution < 1.29 is 27.8 Å². The van der Waals surface area contributed by atoms with Gasteiger partial charge in [0.1, 0.15) is 5.82 Å². The van der Waals surface area contributed by atoms with Crippen LogP contribution in [-0.4, -0.2) is 47.3 Å². The van der Waals surface area contributed by atoms with E-state index in [4.69, 9.17) is 4.74 Å². The Kier molecular flexibility index (Phi) is 4.82. The number of carboxylic acids is 1. The fourth-order valence-corrected chi connectivity index (χ4v) is 2.80. The molecule has 0 saturated carbocycles. The number of ether oxygens (including phenoxy) is 1. The van der Waals surface area contributed by atoms with Crippen LogP contribution in [0.5, 0.6) is 0 Å². The highest BCUT2D eigenvalue weighted by atomic mass is 19.4. The third-order valence-corrected chi connectivity index (χ3v) is 4.18. The smallest absolute Gasteiger partial charge is 0.416 e. The number of hydrogen-bond acceptors (Lipinski definition) is 5. The van der Waals surface area contributed by atoms with Crippen molar-refractivity contribution in [2.45, 2.75) is 18.7 Å². The summed E-state index contributed by atoms with van der Waals surface area (Å²) in [6.45, 7) is 1.13. The summed E-state index contributed by atoms with van der Waals surface area (Å²) in [7, 11) is 1.59. The Morgan fingerprint density at radius 2 is 2.08 bits per heavy atom. The highest BCUT2D eigenvalue weighted by Gasteiger charge is 2.31. The van der Waals surface area contributed by atoms with E-state index in [2.05, 4.69) is 9.97 Å². The molecule has 0 spiro atoms. The minimum Gasteiger partial charge on any atom is -0.477 e. The van der Waals surface area contributed by atoms with Gasteiger partial charge in [-0.15, -0.1) is 0 Å². The van der Waals surface area contributed by atoms with Crippen LogP contribution < -0.4 is 4.90 Å². The number of alkyl halides is 3. The van der Waals surface area contributed by atoms with Gasteiger partial charge in [0.25, 0.3) is 0 Å². The van der Waals surface area contributed by atoms with Crippen LogP contribution in [0.1, 0.15) is 22.5 Å². The number of rotatable bonds is 4. The average molecular weight is 367 g/mol. The Morgan fingerprint density at radius 1 is 1.31 bits per heavy atom. The molecule has 1 aliphatic heterocycles. The molecule has 138 valence electrons. The van der Waals surface area contributed by atoms with Crippen LogP contribution in [-0.2, 0) is 10.9 Å². The molecule has 1 fully saturated rings. The van der Waals surface area contributed by atoms with E-state index in [9.17, 15) is 23.1 Å². The summed E-state index contributed by atoms with van der Waals surface area (Å²) in [6.07, 6.45) is -3.76. The topological polar surface area (TPSA) is 75.5 Å². The molecule has 0 amide bonds. The molecule has 2 aromatic rings. The molecule has 6 nitrogen and oxygen atoms in total. The van der Waals surface area contributed by atoms with Crippen molar-refractivity contribution in [2.75, 3.05) is 25.1 Å². The molecule has 1 aliphatic rings. The van der Waals surface area contributed by atoms with Gasteiger partial charge < -0.3 is 14.7 Å². The Hall–Kier alpha value is -2.68. The van der Waals surface area contributed by atoms with Crippen LogP contribution in [0.15, 0.2) is 30.3 Å². The molecule has 0 bridgehead atoms. The largest absolute Gasteiger partial charge is 0.477 e. The molecule has 0 aliphatic carbocycles. The Morgan fingerprint density at radius 3 is 2.69 bits per heavy atom. The lowest BCUT2D eigenvalue weighted by Crippen LogP contribution is -2.24. The molecule has 1 saturated heterocycles. The molecule has 1 aromatic carbocycles. The van der Waals surface area contributed by atoms with Gasteiger partial charge >= 0.3 is 12.1 Å². The number of aromatic carboxylic acids is 1. The normalized spacial score (nSPS) is 17.5. The highest BCUT2D eigenvalue weighted by molar-refractivity contribution is 5.87. The number of hydrogen-bond donors (Lipinski definition) is 1. The second kappa shape index (κ2) is 6.91. The minimum absolute atomic E-state index is 0.00440. The number of carboxylic acid groups (broad SMARTS) is 1. The summed E-state index contributed by atoms with van der Waals surface area (Å²) >= 11 is 0. The summed E-state index contributed by atoms with van der Waals surface area (Å²) in [5.41, 5.74) is -1.02. The number of benzene rings is 1. The van der Waals surface area contributed by atoms with Gasteiger partial charge in [0.15, 0.2) is 11.5 Å². The number of aromatic nitrogens is 2. The van der Waals surface area contributed by atoms with Gasteiger partial charge in [0.2, 0.25) is 0 Å². The third kappa shape index (κ3) is 3.77. The Labute approximate surface area is 147 Å². The Balaban J connectivity index is 2.03. The third-order valence-electron chi connectivity index (χ3n) is 4.18. The second-order valence-corrected chi connectivity index (χ2v) is 5.91. The molecule has 9 heteroatoms. The monoisotopic (exact) mass is 367 g/mol. The fraction of sp³-hybridized carbons (Fsp3) is 0.353. The number of anilines is 1. The van der Waals surface area contributed by atoms with Crippen molar-refractivity contribution in [3.8, 4) is 11.4 Å². The first kappa shape index (κ1) is 18.1. The molecular formula is C17H16F3N3O3. The van der Waals surface area contributed by atoms with Crippen molar-refractivity contribution in [1.82, 2.24) is 9.97 Å². The lowest BCUT2D eigenvalue weighted by molar-refractivity contribution is -0.137. The summed E-state index contributed by atoms with van der Waals surface area (Å²) in [5.74, 6) is -0.986. The van der Waals surface area contributed by atoms with Crippen LogP contribution in [0.2, 0.25) is 0 Å². The average Bonchev–Trinajstić information content (AvgIpc) is 3.10. The standard InChI is InChI=1S/C17H16F3N3O3/c1-26-12-5-6-23(9-12)14-8-13(16(24)25)21-15(22-14)10-3-2-4-11(7-10)17(18,19)20/h2-4,7-8,12H,5-6,9H2,1H3,(H,24,25)/t12-/m0/s1. The number of methoxy groups -OCH3 is 1. The van der Waals surface area contributed by atoms with E-state index in [0.717, 1.165) is 18.6 Å². The zero-order valence-corrected chi connectivity index (χ0v) is 13.8.